The highest BCUT2D eigenvalue weighted by Crippen LogP contribution is 2.40. The first-order chi connectivity index (χ1) is 11.4. The maximum absolute atomic E-state index is 12.6. The van der Waals surface area contributed by atoms with Crippen LogP contribution in [0.2, 0.25) is 0 Å². The van der Waals surface area contributed by atoms with Gasteiger partial charge in [0.15, 0.2) is 0 Å². The highest BCUT2D eigenvalue weighted by Gasteiger charge is 2.44. The first-order valence-corrected chi connectivity index (χ1v) is 8.13. The summed E-state index contributed by atoms with van der Waals surface area (Å²) in [5.74, 6) is -1.04. The number of hydrogen-bond acceptors (Lipinski definition) is 5. The molecule has 24 heavy (non-hydrogen) atoms. The Hall–Kier alpha value is -2.14. The minimum atomic E-state index is -1.30. The average Bonchev–Trinajstić information content (AvgIpc) is 2.59. The molecule has 1 rings (SSSR count). The van der Waals surface area contributed by atoms with E-state index in [0.29, 0.717) is 11.1 Å². The molecule has 1 aromatic carbocycles. The largest absolute Gasteiger partial charge is 0.465 e. The van der Waals surface area contributed by atoms with Gasteiger partial charge >= 0.3 is 11.9 Å². The average molecular weight is 334 g/mol. The fraction of sp³-hybridized carbons (Fsp3) is 0.474. The third-order valence-corrected chi connectivity index (χ3v) is 3.90. The van der Waals surface area contributed by atoms with Crippen molar-refractivity contribution in [1.29, 1.82) is 0 Å². The Bertz CT molecular complexity index is 579. The van der Waals surface area contributed by atoms with Crippen LogP contribution in [0.4, 0.5) is 0 Å². The van der Waals surface area contributed by atoms with Crippen LogP contribution in [0.5, 0.6) is 0 Å². The standard InChI is InChI=1S/C19H26O5/c1-5-14(17(21)23-6-2)13-19(4,18(22)24-7-3)16(20)15-11-9-8-10-12-15/h5,8-12,16,20H,6-7,13H2,1-4H3/b14-5+. The molecular formula is C19H26O5. The van der Waals surface area contributed by atoms with Crippen LogP contribution in [0, 0.1) is 5.41 Å². The second-order valence-electron chi connectivity index (χ2n) is 5.66. The molecule has 0 radical (unpaired) electrons. The van der Waals surface area contributed by atoms with E-state index in [1.165, 1.54) is 0 Å². The lowest BCUT2D eigenvalue weighted by Crippen LogP contribution is -2.37. The summed E-state index contributed by atoms with van der Waals surface area (Å²) in [5, 5.41) is 10.8. The molecular weight excluding hydrogens is 308 g/mol. The summed E-state index contributed by atoms with van der Waals surface area (Å²) in [7, 11) is 0. The number of benzene rings is 1. The molecule has 1 aromatic rings. The van der Waals surface area contributed by atoms with Crippen molar-refractivity contribution < 1.29 is 24.2 Å². The maximum atomic E-state index is 12.6. The number of aliphatic hydroxyl groups excluding tert-OH is 1. The van der Waals surface area contributed by atoms with Gasteiger partial charge in [0.1, 0.15) is 0 Å². The lowest BCUT2D eigenvalue weighted by molar-refractivity contribution is -0.162. The zero-order chi connectivity index (χ0) is 18.2. The van der Waals surface area contributed by atoms with Crippen LogP contribution >= 0.6 is 0 Å². The van der Waals surface area contributed by atoms with Gasteiger partial charge in [-0.25, -0.2) is 4.79 Å². The van der Waals surface area contributed by atoms with E-state index in [1.54, 1.807) is 58.0 Å². The zero-order valence-electron chi connectivity index (χ0n) is 14.7. The fourth-order valence-corrected chi connectivity index (χ4v) is 2.49. The number of carbonyl (C=O) groups is 2. The van der Waals surface area contributed by atoms with Gasteiger partial charge in [0.25, 0.3) is 0 Å². The Kier molecular flexibility index (Phi) is 7.65. The summed E-state index contributed by atoms with van der Waals surface area (Å²) < 4.78 is 10.2. The summed E-state index contributed by atoms with van der Waals surface area (Å²) in [6, 6.07) is 8.87. The van der Waals surface area contributed by atoms with E-state index in [2.05, 4.69) is 0 Å². The zero-order valence-corrected chi connectivity index (χ0v) is 14.7. The Morgan fingerprint density at radius 2 is 1.75 bits per heavy atom. The van der Waals surface area contributed by atoms with Gasteiger partial charge < -0.3 is 14.6 Å². The van der Waals surface area contributed by atoms with E-state index in [1.807, 2.05) is 6.07 Å². The summed E-state index contributed by atoms with van der Waals surface area (Å²) in [6.45, 7) is 7.16. The van der Waals surface area contributed by atoms with Crippen molar-refractivity contribution in [1.82, 2.24) is 0 Å². The van der Waals surface area contributed by atoms with E-state index < -0.39 is 23.5 Å². The molecule has 0 saturated carbocycles. The summed E-state index contributed by atoms with van der Waals surface area (Å²) in [4.78, 5) is 24.6. The molecule has 1 N–H and O–H groups in total. The van der Waals surface area contributed by atoms with Crippen molar-refractivity contribution in [2.45, 2.75) is 40.2 Å². The molecule has 0 saturated heterocycles. The van der Waals surface area contributed by atoms with E-state index in [4.69, 9.17) is 9.47 Å². The molecule has 0 amide bonds. The van der Waals surface area contributed by atoms with Crippen LogP contribution in [-0.2, 0) is 19.1 Å². The lowest BCUT2D eigenvalue weighted by Gasteiger charge is -2.33. The molecule has 0 aliphatic carbocycles. The minimum absolute atomic E-state index is 0.0250. The molecule has 2 unspecified atom stereocenters. The summed E-state index contributed by atoms with van der Waals surface area (Å²) >= 11 is 0. The molecule has 0 spiro atoms. The van der Waals surface area contributed by atoms with Crippen LogP contribution in [0.15, 0.2) is 42.0 Å². The molecule has 5 heteroatoms. The van der Waals surface area contributed by atoms with Gasteiger partial charge in [-0.15, -0.1) is 0 Å². The van der Waals surface area contributed by atoms with Crippen LogP contribution < -0.4 is 0 Å². The second-order valence-corrected chi connectivity index (χ2v) is 5.66. The second kappa shape index (κ2) is 9.23. The van der Waals surface area contributed by atoms with E-state index in [0.717, 1.165) is 0 Å². The number of esters is 2. The number of allylic oxidation sites excluding steroid dienone is 1. The Labute approximate surface area is 143 Å². The quantitative estimate of drug-likeness (QED) is 0.584. The van der Waals surface area contributed by atoms with E-state index in [-0.39, 0.29) is 19.6 Å². The van der Waals surface area contributed by atoms with E-state index >= 15 is 0 Å². The van der Waals surface area contributed by atoms with Crippen molar-refractivity contribution in [2.75, 3.05) is 13.2 Å². The van der Waals surface area contributed by atoms with Crippen molar-refractivity contribution in [3.63, 3.8) is 0 Å². The van der Waals surface area contributed by atoms with Crippen molar-refractivity contribution in [3.8, 4) is 0 Å². The van der Waals surface area contributed by atoms with Gasteiger partial charge in [-0.1, -0.05) is 36.4 Å². The molecule has 0 aliphatic rings. The number of rotatable bonds is 8. The number of carbonyl (C=O) groups excluding carboxylic acids is 2. The van der Waals surface area contributed by atoms with Crippen LogP contribution in [0.1, 0.15) is 45.8 Å². The molecule has 0 aliphatic heterocycles. The minimum Gasteiger partial charge on any atom is -0.465 e. The first-order valence-electron chi connectivity index (χ1n) is 8.13. The molecule has 5 nitrogen and oxygen atoms in total. The molecule has 0 bridgehead atoms. The highest BCUT2D eigenvalue weighted by atomic mass is 16.5. The summed E-state index contributed by atoms with van der Waals surface area (Å²) in [6.07, 6.45) is 0.520. The first kappa shape index (κ1) is 19.9. The number of hydrogen-bond donors (Lipinski definition) is 1. The third-order valence-electron chi connectivity index (χ3n) is 3.90. The third kappa shape index (κ3) is 4.68. The normalized spacial score (nSPS) is 15.3. The van der Waals surface area contributed by atoms with Gasteiger partial charge in [-0.2, -0.15) is 0 Å². The van der Waals surface area contributed by atoms with Crippen LogP contribution in [-0.4, -0.2) is 30.3 Å². The van der Waals surface area contributed by atoms with Gasteiger partial charge in [0, 0.05) is 5.57 Å². The van der Waals surface area contributed by atoms with Gasteiger partial charge in [-0.3, -0.25) is 4.79 Å². The van der Waals surface area contributed by atoms with Crippen LogP contribution in [0.25, 0.3) is 0 Å². The smallest absolute Gasteiger partial charge is 0.333 e. The molecule has 2 atom stereocenters. The van der Waals surface area contributed by atoms with Gasteiger partial charge in [-0.05, 0) is 39.7 Å². The van der Waals surface area contributed by atoms with Gasteiger partial charge in [0.05, 0.1) is 24.7 Å². The number of ether oxygens (including phenoxy) is 2. The molecule has 0 heterocycles. The van der Waals surface area contributed by atoms with Crippen molar-refractivity contribution in [2.24, 2.45) is 5.41 Å². The molecule has 0 fully saturated rings. The SMILES string of the molecule is C/C=C(\CC(C)(C(=O)OCC)C(O)c1ccccc1)C(=O)OCC. The molecule has 132 valence electrons. The Balaban J connectivity index is 3.19. The summed E-state index contributed by atoms with van der Waals surface area (Å²) in [5.41, 5.74) is -0.374. The number of aliphatic hydroxyl groups is 1. The van der Waals surface area contributed by atoms with E-state index in [9.17, 15) is 14.7 Å². The van der Waals surface area contributed by atoms with Crippen molar-refractivity contribution >= 4 is 11.9 Å². The lowest BCUT2D eigenvalue weighted by atomic mass is 9.75. The topological polar surface area (TPSA) is 72.8 Å². The van der Waals surface area contributed by atoms with Gasteiger partial charge in [0.2, 0.25) is 0 Å². The van der Waals surface area contributed by atoms with Crippen molar-refractivity contribution in [3.05, 3.63) is 47.5 Å². The highest BCUT2D eigenvalue weighted by molar-refractivity contribution is 5.90. The van der Waals surface area contributed by atoms with Crippen LogP contribution in [0.3, 0.4) is 0 Å². The Morgan fingerprint density at radius 1 is 1.17 bits per heavy atom. The molecule has 0 aromatic heterocycles. The monoisotopic (exact) mass is 334 g/mol. The fourth-order valence-electron chi connectivity index (χ4n) is 2.49. The predicted octanol–water partition coefficient (Wildman–Crippen LogP) is 3.19. The Morgan fingerprint density at radius 3 is 2.25 bits per heavy atom. The predicted molar refractivity (Wildman–Crippen MR) is 91.1 cm³/mol. The maximum Gasteiger partial charge on any atom is 0.333 e.